The largest absolute Gasteiger partial charge is 0.391 e. The summed E-state index contributed by atoms with van der Waals surface area (Å²) in [6.45, 7) is 5.82. The van der Waals surface area contributed by atoms with Crippen LogP contribution in [0.1, 0.15) is 18.2 Å². The van der Waals surface area contributed by atoms with Gasteiger partial charge in [0.15, 0.2) is 5.82 Å². The number of pyridine rings is 3. The molecule has 4 aromatic heterocycles. The molecule has 0 saturated heterocycles. The SMILES string of the molecule is Cc1ccc(F)c(-c2cc(Nc3ccnc4cn(C[C@H](C)O)nc34)c(C)cn2)n1. The molecule has 0 saturated carbocycles. The van der Waals surface area contributed by atoms with Crippen molar-refractivity contribution in [3.8, 4) is 11.4 Å². The first-order valence-corrected chi connectivity index (χ1v) is 9.28. The van der Waals surface area contributed by atoms with Crippen molar-refractivity contribution < 1.29 is 9.50 Å². The Morgan fingerprint density at radius 2 is 2.00 bits per heavy atom. The topological polar surface area (TPSA) is 88.8 Å². The van der Waals surface area contributed by atoms with E-state index in [4.69, 9.17) is 0 Å². The highest BCUT2D eigenvalue weighted by atomic mass is 19.1. The Bertz CT molecular complexity index is 1190. The predicted octanol–water partition coefficient (Wildman–Crippen LogP) is 3.77. The molecule has 0 bridgehead atoms. The average Bonchev–Trinajstić information content (AvgIpc) is 3.08. The van der Waals surface area contributed by atoms with Gasteiger partial charge in [0.25, 0.3) is 0 Å². The number of nitrogens with one attached hydrogen (secondary N) is 1. The molecule has 0 unspecified atom stereocenters. The highest BCUT2D eigenvalue weighted by Gasteiger charge is 2.13. The second-order valence-electron chi connectivity index (χ2n) is 7.09. The van der Waals surface area contributed by atoms with Crippen molar-refractivity contribution in [3.63, 3.8) is 0 Å². The van der Waals surface area contributed by atoms with Gasteiger partial charge < -0.3 is 10.4 Å². The van der Waals surface area contributed by atoms with Gasteiger partial charge in [-0.25, -0.2) is 9.37 Å². The van der Waals surface area contributed by atoms with Crippen molar-refractivity contribution in [2.24, 2.45) is 0 Å². The normalized spacial score (nSPS) is 12.3. The molecule has 0 spiro atoms. The van der Waals surface area contributed by atoms with Crippen LogP contribution in [0.25, 0.3) is 22.4 Å². The van der Waals surface area contributed by atoms with Crippen molar-refractivity contribution in [2.75, 3.05) is 5.32 Å². The minimum absolute atomic E-state index is 0.217. The Labute approximate surface area is 167 Å². The molecule has 0 aliphatic heterocycles. The van der Waals surface area contributed by atoms with Crippen LogP contribution in [0, 0.1) is 19.7 Å². The van der Waals surface area contributed by atoms with E-state index < -0.39 is 11.9 Å². The summed E-state index contributed by atoms with van der Waals surface area (Å²) >= 11 is 0. The van der Waals surface area contributed by atoms with E-state index in [1.54, 1.807) is 42.3 Å². The van der Waals surface area contributed by atoms with Gasteiger partial charge in [0.05, 0.1) is 30.2 Å². The van der Waals surface area contributed by atoms with Crippen LogP contribution in [-0.2, 0) is 6.54 Å². The summed E-state index contributed by atoms with van der Waals surface area (Å²) in [4.78, 5) is 13.0. The smallest absolute Gasteiger partial charge is 0.151 e. The highest BCUT2D eigenvalue weighted by Crippen LogP contribution is 2.29. The average molecular weight is 392 g/mol. The molecule has 4 rings (SSSR count). The Kier molecular flexibility index (Phi) is 4.94. The molecule has 4 aromatic rings. The number of aliphatic hydroxyl groups excluding tert-OH is 1. The Morgan fingerprint density at radius 1 is 1.17 bits per heavy atom. The molecule has 2 N–H and O–H groups in total. The molecule has 0 aliphatic carbocycles. The monoisotopic (exact) mass is 392 g/mol. The summed E-state index contributed by atoms with van der Waals surface area (Å²) in [6, 6.07) is 6.63. The molecule has 8 heteroatoms. The van der Waals surface area contributed by atoms with E-state index in [1.165, 1.54) is 6.07 Å². The molecule has 29 heavy (non-hydrogen) atoms. The maximum Gasteiger partial charge on any atom is 0.151 e. The molecule has 0 amide bonds. The van der Waals surface area contributed by atoms with Gasteiger partial charge in [-0.2, -0.15) is 5.10 Å². The molecule has 0 radical (unpaired) electrons. The standard InChI is InChI=1S/C21H21FN6O/c1-12-9-24-18(20-15(22)5-4-13(2)25-20)8-17(12)26-16-6-7-23-19-11-28(10-14(3)29)27-21(16)19/h4-9,11,14,29H,10H2,1-3H3,(H,24,26)/t14-/m0/s1. The van der Waals surface area contributed by atoms with E-state index in [2.05, 4.69) is 25.4 Å². The van der Waals surface area contributed by atoms with Crippen LogP contribution in [0.3, 0.4) is 0 Å². The number of nitrogens with zero attached hydrogens (tertiary/aromatic N) is 5. The third-order valence-corrected chi connectivity index (χ3v) is 4.50. The lowest BCUT2D eigenvalue weighted by Gasteiger charge is -2.12. The molecule has 1 atom stereocenters. The van der Waals surface area contributed by atoms with E-state index in [-0.39, 0.29) is 5.69 Å². The number of halogens is 1. The molecule has 0 aliphatic rings. The highest BCUT2D eigenvalue weighted by molar-refractivity contribution is 5.89. The fourth-order valence-electron chi connectivity index (χ4n) is 3.09. The zero-order valence-electron chi connectivity index (χ0n) is 16.4. The van der Waals surface area contributed by atoms with E-state index in [0.717, 1.165) is 22.6 Å². The molecule has 0 aromatic carbocycles. The number of hydrogen-bond acceptors (Lipinski definition) is 6. The number of rotatable bonds is 5. The quantitative estimate of drug-likeness (QED) is 0.537. The second kappa shape index (κ2) is 7.56. The molecule has 148 valence electrons. The van der Waals surface area contributed by atoms with Crippen molar-refractivity contribution in [1.82, 2.24) is 24.7 Å². The molecule has 7 nitrogen and oxygen atoms in total. The summed E-state index contributed by atoms with van der Waals surface area (Å²) < 4.78 is 15.9. The number of hydrogen-bond donors (Lipinski definition) is 2. The third-order valence-electron chi connectivity index (χ3n) is 4.50. The van der Waals surface area contributed by atoms with E-state index in [1.807, 2.05) is 19.9 Å². The van der Waals surface area contributed by atoms with Crippen molar-refractivity contribution >= 4 is 22.4 Å². The fraction of sp³-hybridized carbons (Fsp3) is 0.238. The summed E-state index contributed by atoms with van der Waals surface area (Å²) in [7, 11) is 0. The van der Waals surface area contributed by atoms with Gasteiger partial charge >= 0.3 is 0 Å². The maximum atomic E-state index is 14.3. The minimum Gasteiger partial charge on any atom is -0.391 e. The van der Waals surface area contributed by atoms with Gasteiger partial charge in [0.2, 0.25) is 0 Å². The number of aryl methyl sites for hydroxylation is 2. The van der Waals surface area contributed by atoms with Crippen LogP contribution in [0.5, 0.6) is 0 Å². The van der Waals surface area contributed by atoms with Crippen LogP contribution >= 0.6 is 0 Å². The van der Waals surface area contributed by atoms with E-state index in [0.29, 0.717) is 23.3 Å². The first-order chi connectivity index (χ1) is 13.9. The molecule has 4 heterocycles. The minimum atomic E-state index is -0.512. The first-order valence-electron chi connectivity index (χ1n) is 9.28. The van der Waals surface area contributed by atoms with E-state index >= 15 is 0 Å². The van der Waals surface area contributed by atoms with Gasteiger partial charge in [0.1, 0.15) is 16.7 Å². The lowest BCUT2D eigenvalue weighted by atomic mass is 10.1. The summed E-state index contributed by atoms with van der Waals surface area (Å²) in [5.74, 6) is -0.416. The summed E-state index contributed by atoms with van der Waals surface area (Å²) in [6.07, 6.45) is 4.66. The Balaban J connectivity index is 1.73. The van der Waals surface area contributed by atoms with Gasteiger partial charge in [-0.1, -0.05) is 0 Å². The van der Waals surface area contributed by atoms with Crippen molar-refractivity contribution in [3.05, 3.63) is 59.9 Å². The summed E-state index contributed by atoms with van der Waals surface area (Å²) in [5.41, 5.74) is 5.22. The van der Waals surface area contributed by atoms with Gasteiger partial charge in [-0.15, -0.1) is 0 Å². The van der Waals surface area contributed by atoms with Crippen LogP contribution in [0.15, 0.2) is 42.9 Å². The number of aromatic nitrogens is 5. The fourth-order valence-corrected chi connectivity index (χ4v) is 3.09. The van der Waals surface area contributed by atoms with Crippen LogP contribution in [0.2, 0.25) is 0 Å². The lowest BCUT2D eigenvalue weighted by Crippen LogP contribution is -2.11. The van der Waals surface area contributed by atoms with Crippen LogP contribution < -0.4 is 5.32 Å². The number of fused-ring (bicyclic) bond motifs is 1. The molecular weight excluding hydrogens is 371 g/mol. The zero-order chi connectivity index (χ0) is 20.5. The maximum absolute atomic E-state index is 14.3. The Hall–Kier alpha value is -3.39. The third kappa shape index (κ3) is 3.93. The van der Waals surface area contributed by atoms with Gasteiger partial charge in [-0.05, 0) is 50.6 Å². The van der Waals surface area contributed by atoms with Gasteiger partial charge in [-0.3, -0.25) is 14.6 Å². The first kappa shape index (κ1) is 18.9. The second-order valence-corrected chi connectivity index (χ2v) is 7.09. The number of aliphatic hydroxyl groups is 1. The van der Waals surface area contributed by atoms with Gasteiger partial charge in [0, 0.05) is 23.8 Å². The zero-order valence-corrected chi connectivity index (χ0v) is 16.4. The molecule has 0 fully saturated rings. The van der Waals surface area contributed by atoms with E-state index in [9.17, 15) is 9.50 Å². The van der Waals surface area contributed by atoms with Crippen molar-refractivity contribution in [2.45, 2.75) is 33.4 Å². The van der Waals surface area contributed by atoms with Crippen LogP contribution in [-0.4, -0.2) is 35.9 Å². The summed E-state index contributed by atoms with van der Waals surface area (Å²) in [5, 5.41) is 17.5. The predicted molar refractivity (Wildman–Crippen MR) is 109 cm³/mol. The number of anilines is 2. The molecular formula is C21H21FN6O. The van der Waals surface area contributed by atoms with Crippen LogP contribution in [0.4, 0.5) is 15.8 Å². The Morgan fingerprint density at radius 3 is 2.79 bits per heavy atom. The lowest BCUT2D eigenvalue weighted by molar-refractivity contribution is 0.169. The van der Waals surface area contributed by atoms with Crippen molar-refractivity contribution in [1.29, 1.82) is 0 Å².